The van der Waals surface area contributed by atoms with Crippen molar-refractivity contribution in [3.8, 4) is 0 Å². The summed E-state index contributed by atoms with van der Waals surface area (Å²) in [4.78, 5) is 63.4. The van der Waals surface area contributed by atoms with Gasteiger partial charge in [0.1, 0.15) is 6.54 Å². The topological polar surface area (TPSA) is 152 Å². The van der Waals surface area contributed by atoms with Crippen molar-refractivity contribution in [3.63, 3.8) is 0 Å². The van der Waals surface area contributed by atoms with Gasteiger partial charge in [-0.25, -0.2) is 0 Å². The van der Waals surface area contributed by atoms with Crippen LogP contribution in [0, 0.1) is 10.1 Å². The van der Waals surface area contributed by atoms with Crippen molar-refractivity contribution in [2.75, 3.05) is 19.6 Å². The molecule has 1 aromatic heterocycles. The highest BCUT2D eigenvalue weighted by Crippen LogP contribution is 2.26. The third-order valence-corrected chi connectivity index (χ3v) is 4.35. The Morgan fingerprint density at radius 2 is 1.80 bits per heavy atom. The minimum Gasteiger partial charge on any atom is -0.354 e. The maximum Gasteiger partial charge on any atom is 0.270 e. The largest absolute Gasteiger partial charge is 0.354 e. The average molecular weight is 411 g/mol. The highest BCUT2D eigenvalue weighted by atomic mass is 16.6. The fourth-order valence-corrected chi connectivity index (χ4v) is 2.85. The quantitative estimate of drug-likeness (QED) is 0.278. The summed E-state index contributed by atoms with van der Waals surface area (Å²) in [6.07, 6.45) is 3.43. The first-order valence-electron chi connectivity index (χ1n) is 8.98. The molecule has 11 nitrogen and oxygen atoms in total. The number of carbonyl (C=O) groups excluding carboxylic acids is 4. The second-order valence-corrected chi connectivity index (χ2v) is 6.38. The number of nitrogens with one attached hydrogen (secondary N) is 2. The molecule has 30 heavy (non-hydrogen) atoms. The van der Waals surface area contributed by atoms with E-state index in [1.165, 1.54) is 12.3 Å². The first-order valence-corrected chi connectivity index (χ1v) is 8.98. The van der Waals surface area contributed by atoms with E-state index in [4.69, 9.17) is 0 Å². The third-order valence-electron chi connectivity index (χ3n) is 4.35. The maximum absolute atomic E-state index is 12.4. The number of nitro benzene ring substituents is 1. The lowest BCUT2D eigenvalue weighted by Gasteiger charge is -2.13. The molecule has 2 aromatic rings. The van der Waals surface area contributed by atoms with Crippen LogP contribution in [0.3, 0.4) is 0 Å². The molecule has 1 aromatic carbocycles. The van der Waals surface area contributed by atoms with Crippen LogP contribution in [-0.4, -0.2) is 58.1 Å². The van der Waals surface area contributed by atoms with E-state index in [1.807, 2.05) is 0 Å². The molecule has 0 bridgehead atoms. The molecule has 0 saturated carbocycles. The maximum atomic E-state index is 12.4. The summed E-state index contributed by atoms with van der Waals surface area (Å²) in [6, 6.07) is 6.63. The number of non-ortho nitro benzene ring substituents is 1. The molecular weight excluding hydrogens is 394 g/mol. The first-order chi connectivity index (χ1) is 14.4. The van der Waals surface area contributed by atoms with Crippen molar-refractivity contribution < 1.29 is 24.1 Å². The van der Waals surface area contributed by atoms with Gasteiger partial charge in [-0.05, 0) is 24.6 Å². The van der Waals surface area contributed by atoms with E-state index in [2.05, 4.69) is 15.6 Å². The lowest BCUT2D eigenvalue weighted by molar-refractivity contribution is -0.384. The summed E-state index contributed by atoms with van der Waals surface area (Å²) < 4.78 is 0. The van der Waals surface area contributed by atoms with Crippen molar-refractivity contribution >= 4 is 29.3 Å². The summed E-state index contributed by atoms with van der Waals surface area (Å²) in [5.74, 6) is -2.27. The van der Waals surface area contributed by atoms with Crippen molar-refractivity contribution in [1.82, 2.24) is 20.5 Å². The van der Waals surface area contributed by atoms with E-state index >= 15 is 0 Å². The van der Waals surface area contributed by atoms with E-state index < -0.39 is 29.2 Å². The number of benzene rings is 1. The van der Waals surface area contributed by atoms with Crippen LogP contribution in [0.4, 0.5) is 5.69 Å². The molecule has 4 amide bonds. The number of rotatable bonds is 8. The molecule has 2 heterocycles. The van der Waals surface area contributed by atoms with Crippen LogP contribution in [0.2, 0.25) is 0 Å². The van der Waals surface area contributed by atoms with Gasteiger partial charge in [-0.2, -0.15) is 0 Å². The molecule has 0 radical (unpaired) electrons. The number of aromatic nitrogens is 1. The number of amides is 4. The van der Waals surface area contributed by atoms with Gasteiger partial charge >= 0.3 is 0 Å². The second-order valence-electron chi connectivity index (χ2n) is 6.38. The fourth-order valence-electron chi connectivity index (χ4n) is 2.85. The number of pyridine rings is 1. The van der Waals surface area contributed by atoms with Gasteiger partial charge in [0.2, 0.25) is 5.91 Å². The van der Waals surface area contributed by atoms with Crippen molar-refractivity contribution in [2.24, 2.45) is 0 Å². The standard InChI is InChI=1S/C19H17N5O6/c25-16(21-7-2-8-22-17(26)12-3-1-6-20-10-12)11-23-18(27)14-5-4-13(24(29)30)9-15(14)19(23)28/h1,3-6,9-10H,2,7-8,11H2,(H,21,25)(H,22,26). The summed E-state index contributed by atoms with van der Waals surface area (Å²) in [5.41, 5.74) is 0.0403. The Bertz CT molecular complexity index is 1020. The van der Waals surface area contributed by atoms with Gasteiger partial charge in [-0.3, -0.25) is 39.2 Å². The zero-order valence-electron chi connectivity index (χ0n) is 15.7. The van der Waals surface area contributed by atoms with Crippen LogP contribution >= 0.6 is 0 Å². The van der Waals surface area contributed by atoms with Gasteiger partial charge in [0.25, 0.3) is 23.4 Å². The lowest BCUT2D eigenvalue weighted by atomic mass is 10.1. The summed E-state index contributed by atoms with van der Waals surface area (Å²) >= 11 is 0. The summed E-state index contributed by atoms with van der Waals surface area (Å²) in [7, 11) is 0. The highest BCUT2D eigenvalue weighted by molar-refractivity contribution is 6.22. The van der Waals surface area contributed by atoms with Crippen LogP contribution in [0.25, 0.3) is 0 Å². The van der Waals surface area contributed by atoms with Gasteiger partial charge in [-0.15, -0.1) is 0 Å². The van der Waals surface area contributed by atoms with E-state index in [0.717, 1.165) is 17.0 Å². The predicted molar refractivity (Wildman–Crippen MR) is 103 cm³/mol. The molecule has 1 aliphatic rings. The van der Waals surface area contributed by atoms with Crippen LogP contribution in [0.15, 0.2) is 42.7 Å². The number of hydrogen-bond donors (Lipinski definition) is 2. The Kier molecular flexibility index (Phi) is 6.11. The zero-order chi connectivity index (χ0) is 21.7. The summed E-state index contributed by atoms with van der Waals surface area (Å²) in [5, 5.41) is 16.1. The summed E-state index contributed by atoms with van der Waals surface area (Å²) in [6.45, 7) is 0.0354. The molecule has 0 atom stereocenters. The van der Waals surface area contributed by atoms with Crippen molar-refractivity contribution in [1.29, 1.82) is 0 Å². The highest BCUT2D eigenvalue weighted by Gasteiger charge is 2.37. The first kappa shape index (κ1) is 20.6. The van der Waals surface area contributed by atoms with Crippen molar-refractivity contribution in [2.45, 2.75) is 6.42 Å². The van der Waals surface area contributed by atoms with E-state index in [1.54, 1.807) is 18.3 Å². The predicted octanol–water partition coefficient (Wildman–Crippen LogP) is 0.522. The molecular formula is C19H17N5O6. The minimum atomic E-state index is -0.752. The Morgan fingerprint density at radius 1 is 1.07 bits per heavy atom. The Morgan fingerprint density at radius 3 is 2.50 bits per heavy atom. The number of fused-ring (bicyclic) bond motifs is 1. The zero-order valence-corrected chi connectivity index (χ0v) is 15.7. The number of carbonyl (C=O) groups is 4. The van der Waals surface area contributed by atoms with E-state index in [9.17, 15) is 29.3 Å². The lowest BCUT2D eigenvalue weighted by Crippen LogP contribution is -2.41. The molecule has 0 saturated heterocycles. The Labute approximate surface area is 170 Å². The molecule has 0 aliphatic carbocycles. The Hall–Kier alpha value is -4.15. The molecule has 0 spiro atoms. The molecule has 3 rings (SSSR count). The Balaban J connectivity index is 1.45. The molecule has 0 fully saturated rings. The monoisotopic (exact) mass is 411 g/mol. The molecule has 2 N–H and O–H groups in total. The van der Waals surface area contributed by atoms with Gasteiger partial charge < -0.3 is 10.6 Å². The van der Waals surface area contributed by atoms with Gasteiger partial charge in [0.15, 0.2) is 0 Å². The fraction of sp³-hybridized carbons (Fsp3) is 0.211. The normalized spacial score (nSPS) is 12.5. The van der Waals surface area contributed by atoms with Gasteiger partial charge in [0, 0.05) is 37.6 Å². The number of imide groups is 1. The number of nitro groups is 1. The number of hydrogen-bond acceptors (Lipinski definition) is 7. The average Bonchev–Trinajstić information content (AvgIpc) is 2.98. The smallest absolute Gasteiger partial charge is 0.270 e. The van der Waals surface area contributed by atoms with Crippen LogP contribution in [0.1, 0.15) is 37.5 Å². The minimum absolute atomic E-state index is 0.0246. The van der Waals surface area contributed by atoms with E-state index in [-0.39, 0.29) is 29.3 Å². The molecule has 1 aliphatic heterocycles. The number of nitrogens with zero attached hydrogens (tertiary/aromatic N) is 3. The van der Waals surface area contributed by atoms with Gasteiger partial charge in [-0.1, -0.05) is 0 Å². The van der Waals surface area contributed by atoms with Crippen LogP contribution in [-0.2, 0) is 4.79 Å². The van der Waals surface area contributed by atoms with Crippen LogP contribution in [0.5, 0.6) is 0 Å². The van der Waals surface area contributed by atoms with Crippen molar-refractivity contribution in [3.05, 3.63) is 69.5 Å². The molecule has 0 unspecified atom stereocenters. The second kappa shape index (κ2) is 8.90. The van der Waals surface area contributed by atoms with E-state index in [0.29, 0.717) is 18.5 Å². The molecule has 154 valence electrons. The third kappa shape index (κ3) is 4.46. The molecule has 11 heteroatoms. The van der Waals surface area contributed by atoms with Gasteiger partial charge in [0.05, 0.1) is 21.6 Å². The van der Waals surface area contributed by atoms with Crippen LogP contribution < -0.4 is 10.6 Å². The SMILES string of the molecule is O=C(CN1C(=O)c2ccc([N+](=O)[O-])cc2C1=O)NCCCNC(=O)c1cccnc1.